The molecule has 1 unspecified atom stereocenters. The maximum atomic E-state index is 2.26. The molecule has 0 aliphatic rings. The first-order valence-corrected chi connectivity index (χ1v) is 7.14. The molecule has 0 amide bonds. The van der Waals surface area contributed by atoms with Crippen molar-refractivity contribution in [2.24, 2.45) is 0 Å². The minimum absolute atomic E-state index is 0.709. The summed E-state index contributed by atoms with van der Waals surface area (Å²) < 4.78 is 0. The third-order valence-electron chi connectivity index (χ3n) is 3.86. The molecule has 1 atom stereocenters. The summed E-state index contributed by atoms with van der Waals surface area (Å²) in [7, 11) is 0. The Kier molecular flexibility index (Phi) is 6.35. The van der Waals surface area contributed by atoms with Crippen molar-refractivity contribution >= 4 is 0 Å². The summed E-state index contributed by atoms with van der Waals surface area (Å²) in [4.78, 5) is 0. The van der Waals surface area contributed by atoms with Gasteiger partial charge in [-0.15, -0.1) is 0 Å². The van der Waals surface area contributed by atoms with Gasteiger partial charge in [-0.25, -0.2) is 0 Å². The first kappa shape index (κ1) is 15.5. The predicted octanol–water partition coefficient (Wildman–Crippen LogP) is 5.81. The molecule has 2 rings (SSSR count). The van der Waals surface area contributed by atoms with Crippen LogP contribution in [0.3, 0.4) is 0 Å². The molecule has 0 aromatic heterocycles. The van der Waals surface area contributed by atoms with Crippen LogP contribution in [-0.2, 0) is 0 Å². The fraction of sp³-hybridized carbons (Fsp3) is 0.368. The largest absolute Gasteiger partial charge is 0.0648 e. The van der Waals surface area contributed by atoms with E-state index in [0.29, 0.717) is 5.92 Å². The Balaban J connectivity index is 0.000000191. The van der Waals surface area contributed by atoms with Gasteiger partial charge >= 0.3 is 0 Å². The summed E-state index contributed by atoms with van der Waals surface area (Å²) >= 11 is 0. The molecule has 0 radical (unpaired) electrons. The van der Waals surface area contributed by atoms with Gasteiger partial charge < -0.3 is 0 Å². The van der Waals surface area contributed by atoms with E-state index < -0.39 is 0 Å². The highest BCUT2D eigenvalue weighted by atomic mass is 14.0. The first-order valence-electron chi connectivity index (χ1n) is 7.14. The number of hydrogen-bond donors (Lipinski definition) is 0. The fourth-order valence-electron chi connectivity index (χ4n) is 1.92. The van der Waals surface area contributed by atoms with E-state index in [9.17, 15) is 0 Å². The fourth-order valence-corrected chi connectivity index (χ4v) is 1.92. The van der Waals surface area contributed by atoms with Gasteiger partial charge in [0.15, 0.2) is 0 Å². The van der Waals surface area contributed by atoms with Gasteiger partial charge in [0.05, 0.1) is 0 Å². The topological polar surface area (TPSA) is 0 Å². The molecule has 0 heteroatoms. The van der Waals surface area contributed by atoms with Crippen molar-refractivity contribution in [3.8, 4) is 0 Å². The van der Waals surface area contributed by atoms with Gasteiger partial charge in [-0.1, -0.05) is 62.4 Å². The second-order valence-electron chi connectivity index (χ2n) is 5.24. The molecular formula is C19H26. The lowest BCUT2D eigenvalue weighted by Crippen LogP contribution is -1.88. The Morgan fingerprint density at radius 1 is 0.789 bits per heavy atom. The lowest BCUT2D eigenvalue weighted by Gasteiger charge is -2.06. The minimum Gasteiger partial charge on any atom is -0.0648 e. The summed E-state index contributed by atoms with van der Waals surface area (Å²) in [5, 5.41) is 0. The SMILES string of the molecule is CCC(C)c1ccccc1.Cc1cccc(C)c1C. The van der Waals surface area contributed by atoms with Crippen LogP contribution in [-0.4, -0.2) is 0 Å². The van der Waals surface area contributed by atoms with Crippen LogP contribution in [0.25, 0.3) is 0 Å². The zero-order valence-corrected chi connectivity index (χ0v) is 12.9. The number of rotatable bonds is 2. The van der Waals surface area contributed by atoms with Crippen LogP contribution in [0, 0.1) is 20.8 Å². The van der Waals surface area contributed by atoms with Gasteiger partial charge in [-0.2, -0.15) is 0 Å². The van der Waals surface area contributed by atoms with Crippen molar-refractivity contribution in [3.63, 3.8) is 0 Å². The molecule has 0 heterocycles. The van der Waals surface area contributed by atoms with Crippen LogP contribution in [0.2, 0.25) is 0 Å². The lowest BCUT2D eigenvalue weighted by molar-refractivity contribution is 0.733. The van der Waals surface area contributed by atoms with Crippen molar-refractivity contribution in [1.29, 1.82) is 0 Å². The van der Waals surface area contributed by atoms with Crippen LogP contribution in [0.4, 0.5) is 0 Å². The second-order valence-corrected chi connectivity index (χ2v) is 5.24. The molecule has 0 bridgehead atoms. The van der Waals surface area contributed by atoms with E-state index in [2.05, 4.69) is 83.1 Å². The Morgan fingerprint density at radius 2 is 1.32 bits per heavy atom. The Hall–Kier alpha value is -1.56. The van der Waals surface area contributed by atoms with Gasteiger partial charge in [-0.3, -0.25) is 0 Å². The molecule has 2 aromatic rings. The Bertz CT molecular complexity index is 462. The van der Waals surface area contributed by atoms with Crippen molar-refractivity contribution in [1.82, 2.24) is 0 Å². The molecule has 0 saturated heterocycles. The van der Waals surface area contributed by atoms with E-state index in [-0.39, 0.29) is 0 Å². The summed E-state index contributed by atoms with van der Waals surface area (Å²) in [5.74, 6) is 0.709. The van der Waals surface area contributed by atoms with Gasteiger partial charge in [0.25, 0.3) is 0 Å². The number of aryl methyl sites for hydroxylation is 2. The predicted molar refractivity (Wildman–Crippen MR) is 85.8 cm³/mol. The molecule has 0 aliphatic heterocycles. The Labute approximate surface area is 118 Å². The molecule has 0 fully saturated rings. The monoisotopic (exact) mass is 254 g/mol. The normalized spacial score (nSPS) is 11.4. The summed E-state index contributed by atoms with van der Waals surface area (Å²) in [6.07, 6.45) is 1.23. The maximum absolute atomic E-state index is 2.26. The highest BCUT2D eigenvalue weighted by molar-refractivity contribution is 5.31. The van der Waals surface area contributed by atoms with E-state index in [0.717, 1.165) is 0 Å². The average molecular weight is 254 g/mol. The first-order chi connectivity index (χ1) is 9.06. The second kappa shape index (κ2) is 7.78. The molecule has 0 nitrogen and oxygen atoms in total. The quantitative estimate of drug-likeness (QED) is 0.634. The van der Waals surface area contributed by atoms with E-state index in [1.165, 1.54) is 28.7 Å². The smallest absolute Gasteiger partial charge is 0.0193 e. The third kappa shape index (κ3) is 4.90. The molecule has 0 N–H and O–H groups in total. The molecule has 0 spiro atoms. The van der Waals surface area contributed by atoms with Gasteiger partial charge in [0.1, 0.15) is 0 Å². The third-order valence-corrected chi connectivity index (χ3v) is 3.86. The standard InChI is InChI=1S/C10H14.C9H12/c1-3-9(2)10-7-5-4-6-8-10;1-7-5-4-6-8(2)9(7)3/h4-9H,3H2,1-2H3;4-6H,1-3H3. The van der Waals surface area contributed by atoms with Crippen molar-refractivity contribution in [3.05, 3.63) is 70.8 Å². The molecule has 102 valence electrons. The summed E-state index contributed by atoms with van der Waals surface area (Å²) in [5.41, 5.74) is 5.63. The zero-order chi connectivity index (χ0) is 14.3. The van der Waals surface area contributed by atoms with Crippen LogP contribution in [0.1, 0.15) is 48.4 Å². The maximum Gasteiger partial charge on any atom is -0.0193 e. The van der Waals surface area contributed by atoms with Crippen molar-refractivity contribution in [2.75, 3.05) is 0 Å². The van der Waals surface area contributed by atoms with Gasteiger partial charge in [-0.05, 0) is 55.4 Å². The van der Waals surface area contributed by atoms with Crippen LogP contribution >= 0.6 is 0 Å². The highest BCUT2D eigenvalue weighted by Crippen LogP contribution is 2.16. The average Bonchev–Trinajstić information content (AvgIpc) is 2.45. The highest BCUT2D eigenvalue weighted by Gasteiger charge is 1.98. The van der Waals surface area contributed by atoms with E-state index in [1.54, 1.807) is 0 Å². The lowest BCUT2D eigenvalue weighted by atomic mass is 9.99. The summed E-state index contributed by atoms with van der Waals surface area (Å²) in [6, 6.07) is 17.0. The molecule has 19 heavy (non-hydrogen) atoms. The van der Waals surface area contributed by atoms with E-state index in [4.69, 9.17) is 0 Å². The van der Waals surface area contributed by atoms with Crippen molar-refractivity contribution < 1.29 is 0 Å². The molecular weight excluding hydrogens is 228 g/mol. The van der Waals surface area contributed by atoms with Crippen LogP contribution in [0.15, 0.2) is 48.5 Å². The summed E-state index contributed by atoms with van der Waals surface area (Å²) in [6.45, 7) is 10.9. The molecule has 0 saturated carbocycles. The van der Waals surface area contributed by atoms with E-state index in [1.807, 2.05) is 0 Å². The molecule has 2 aromatic carbocycles. The van der Waals surface area contributed by atoms with Crippen molar-refractivity contribution in [2.45, 2.75) is 47.0 Å². The van der Waals surface area contributed by atoms with Gasteiger partial charge in [0, 0.05) is 0 Å². The minimum atomic E-state index is 0.709. The van der Waals surface area contributed by atoms with E-state index >= 15 is 0 Å². The van der Waals surface area contributed by atoms with Crippen LogP contribution in [0.5, 0.6) is 0 Å². The van der Waals surface area contributed by atoms with Gasteiger partial charge in [0.2, 0.25) is 0 Å². The number of benzene rings is 2. The zero-order valence-electron chi connectivity index (χ0n) is 12.9. The number of hydrogen-bond acceptors (Lipinski definition) is 0. The Morgan fingerprint density at radius 3 is 1.74 bits per heavy atom. The van der Waals surface area contributed by atoms with Crippen LogP contribution < -0.4 is 0 Å². The molecule has 0 aliphatic carbocycles.